The second-order valence-electron chi connectivity index (χ2n) is 5.37. The predicted molar refractivity (Wildman–Crippen MR) is 64.1 cm³/mol. The van der Waals surface area contributed by atoms with Gasteiger partial charge in [-0.05, 0) is 20.8 Å². The van der Waals surface area contributed by atoms with Crippen LogP contribution in [0.3, 0.4) is 0 Å². The lowest BCUT2D eigenvalue weighted by molar-refractivity contribution is -0.0000695. The molecule has 0 radical (unpaired) electrons. The Morgan fingerprint density at radius 1 is 1.41 bits per heavy atom. The Bertz CT molecular complexity index is 380. The van der Waals surface area contributed by atoms with Crippen LogP contribution in [0.15, 0.2) is 0 Å². The summed E-state index contributed by atoms with van der Waals surface area (Å²) in [5.74, 6) is 0.178. The van der Waals surface area contributed by atoms with Crippen LogP contribution in [0.5, 0.6) is 0 Å². The van der Waals surface area contributed by atoms with E-state index in [1.807, 2.05) is 20.8 Å². The summed E-state index contributed by atoms with van der Waals surface area (Å²) >= 11 is 0. The van der Waals surface area contributed by atoms with Crippen molar-refractivity contribution in [3.8, 4) is 0 Å². The van der Waals surface area contributed by atoms with Crippen molar-refractivity contribution < 1.29 is 17.9 Å². The lowest BCUT2D eigenvalue weighted by Crippen LogP contribution is -2.54. The average Bonchev–Trinajstić information content (AvgIpc) is 1.94. The summed E-state index contributed by atoms with van der Waals surface area (Å²) < 4.78 is 29.3. The SMILES string of the molecule is CC(C)(C)OC(=O)N1CC(CNS(C)(=O)=O)C1. The second kappa shape index (κ2) is 4.81. The van der Waals surface area contributed by atoms with E-state index in [1.165, 1.54) is 0 Å². The van der Waals surface area contributed by atoms with Gasteiger partial charge in [0.25, 0.3) is 0 Å². The molecule has 0 bridgehead atoms. The van der Waals surface area contributed by atoms with Gasteiger partial charge in [0.2, 0.25) is 10.0 Å². The van der Waals surface area contributed by atoms with Crippen LogP contribution in [0.25, 0.3) is 0 Å². The Kier molecular flexibility index (Phi) is 4.03. The molecule has 0 aromatic carbocycles. The van der Waals surface area contributed by atoms with Gasteiger partial charge in [-0.2, -0.15) is 0 Å². The Morgan fingerprint density at radius 3 is 2.35 bits per heavy atom. The summed E-state index contributed by atoms with van der Waals surface area (Å²) in [7, 11) is -3.15. The number of likely N-dealkylation sites (tertiary alicyclic amines) is 1. The quantitative estimate of drug-likeness (QED) is 0.800. The summed E-state index contributed by atoms with van der Waals surface area (Å²) in [6, 6.07) is 0. The molecule has 0 saturated carbocycles. The number of amides is 1. The molecule has 0 aliphatic carbocycles. The zero-order valence-corrected chi connectivity index (χ0v) is 11.5. The molecule has 1 saturated heterocycles. The maximum Gasteiger partial charge on any atom is 0.410 e. The number of nitrogens with one attached hydrogen (secondary N) is 1. The molecule has 1 heterocycles. The third-order valence-corrected chi connectivity index (χ3v) is 2.93. The number of ether oxygens (including phenoxy) is 1. The number of sulfonamides is 1. The van der Waals surface area contributed by atoms with Crippen LogP contribution >= 0.6 is 0 Å². The van der Waals surface area contributed by atoms with Crippen molar-refractivity contribution in [1.82, 2.24) is 9.62 Å². The zero-order valence-electron chi connectivity index (χ0n) is 10.7. The van der Waals surface area contributed by atoms with Gasteiger partial charge < -0.3 is 9.64 Å². The van der Waals surface area contributed by atoms with E-state index in [9.17, 15) is 13.2 Å². The molecule has 1 aliphatic heterocycles. The van der Waals surface area contributed by atoms with E-state index in [4.69, 9.17) is 4.74 Å². The third-order valence-electron chi connectivity index (χ3n) is 2.24. The van der Waals surface area contributed by atoms with Crippen molar-refractivity contribution in [1.29, 1.82) is 0 Å². The van der Waals surface area contributed by atoms with Crippen LogP contribution in [-0.4, -0.2) is 50.9 Å². The molecule has 0 unspecified atom stereocenters. The molecule has 0 aromatic rings. The van der Waals surface area contributed by atoms with Gasteiger partial charge in [0.1, 0.15) is 5.60 Å². The first-order valence-corrected chi connectivity index (χ1v) is 7.38. The minimum Gasteiger partial charge on any atom is -0.444 e. The molecule has 1 amide bonds. The standard InChI is InChI=1S/C10H20N2O4S/c1-10(2,3)16-9(13)12-6-8(7-12)5-11-17(4,14)15/h8,11H,5-7H2,1-4H3. The van der Waals surface area contributed by atoms with Crippen molar-refractivity contribution in [3.05, 3.63) is 0 Å². The van der Waals surface area contributed by atoms with Gasteiger partial charge in [0.05, 0.1) is 6.26 Å². The Morgan fingerprint density at radius 2 is 1.94 bits per heavy atom. The van der Waals surface area contributed by atoms with Gasteiger partial charge in [0.15, 0.2) is 0 Å². The van der Waals surface area contributed by atoms with Crippen LogP contribution < -0.4 is 4.72 Å². The number of nitrogens with zero attached hydrogens (tertiary/aromatic N) is 1. The molecule has 0 spiro atoms. The minimum atomic E-state index is -3.15. The van der Waals surface area contributed by atoms with Crippen LogP contribution in [0.4, 0.5) is 4.79 Å². The number of carbonyl (C=O) groups excluding carboxylic acids is 1. The number of rotatable bonds is 3. The van der Waals surface area contributed by atoms with E-state index >= 15 is 0 Å². The summed E-state index contributed by atoms with van der Waals surface area (Å²) in [5.41, 5.74) is -0.493. The molecule has 7 heteroatoms. The molecule has 17 heavy (non-hydrogen) atoms. The van der Waals surface area contributed by atoms with Crippen molar-refractivity contribution in [2.75, 3.05) is 25.9 Å². The molecular formula is C10H20N2O4S. The Labute approximate surface area is 102 Å². The monoisotopic (exact) mass is 264 g/mol. The van der Waals surface area contributed by atoms with Crippen LogP contribution in [0.2, 0.25) is 0 Å². The normalized spacial score (nSPS) is 17.8. The molecule has 1 fully saturated rings. The molecule has 0 atom stereocenters. The van der Waals surface area contributed by atoms with E-state index in [0.29, 0.717) is 19.6 Å². The first-order chi connectivity index (χ1) is 7.57. The van der Waals surface area contributed by atoms with Crippen molar-refractivity contribution in [2.45, 2.75) is 26.4 Å². The van der Waals surface area contributed by atoms with Gasteiger partial charge in [-0.25, -0.2) is 17.9 Å². The maximum atomic E-state index is 11.6. The van der Waals surface area contributed by atoms with E-state index in [2.05, 4.69) is 4.72 Å². The fourth-order valence-corrected chi connectivity index (χ4v) is 1.98. The maximum absolute atomic E-state index is 11.6. The molecule has 6 nitrogen and oxygen atoms in total. The average molecular weight is 264 g/mol. The van der Waals surface area contributed by atoms with Gasteiger partial charge >= 0.3 is 6.09 Å². The summed E-state index contributed by atoms with van der Waals surface area (Å²) in [6.45, 7) is 6.89. The highest BCUT2D eigenvalue weighted by Gasteiger charge is 2.33. The lowest BCUT2D eigenvalue weighted by Gasteiger charge is -2.39. The van der Waals surface area contributed by atoms with Gasteiger partial charge in [-0.1, -0.05) is 0 Å². The lowest BCUT2D eigenvalue weighted by atomic mass is 10.0. The third kappa shape index (κ3) is 5.36. The highest BCUT2D eigenvalue weighted by molar-refractivity contribution is 7.88. The van der Waals surface area contributed by atoms with Crippen molar-refractivity contribution >= 4 is 16.1 Å². The zero-order chi connectivity index (χ0) is 13.3. The smallest absolute Gasteiger partial charge is 0.410 e. The second-order valence-corrected chi connectivity index (χ2v) is 7.20. The molecule has 0 aromatic heterocycles. The van der Waals surface area contributed by atoms with Crippen LogP contribution in [0.1, 0.15) is 20.8 Å². The van der Waals surface area contributed by atoms with Crippen molar-refractivity contribution in [2.24, 2.45) is 5.92 Å². The summed E-state index contributed by atoms with van der Waals surface area (Å²) in [6.07, 6.45) is 0.783. The van der Waals surface area contributed by atoms with E-state index in [0.717, 1.165) is 6.26 Å². The highest BCUT2D eigenvalue weighted by Crippen LogP contribution is 2.18. The first kappa shape index (κ1) is 14.2. The fraction of sp³-hybridized carbons (Fsp3) is 0.900. The van der Waals surface area contributed by atoms with E-state index in [1.54, 1.807) is 4.90 Å². The minimum absolute atomic E-state index is 0.178. The van der Waals surface area contributed by atoms with E-state index in [-0.39, 0.29) is 12.0 Å². The van der Waals surface area contributed by atoms with Gasteiger partial charge in [-0.15, -0.1) is 0 Å². The number of hydrogen-bond acceptors (Lipinski definition) is 4. The van der Waals surface area contributed by atoms with Crippen LogP contribution in [-0.2, 0) is 14.8 Å². The van der Waals surface area contributed by atoms with Gasteiger partial charge in [-0.3, -0.25) is 0 Å². The summed E-state index contributed by atoms with van der Waals surface area (Å²) in [5, 5.41) is 0. The predicted octanol–water partition coefficient (Wildman–Crippen LogP) is 0.403. The Balaban J connectivity index is 2.25. The molecule has 1 aliphatic rings. The fourth-order valence-electron chi connectivity index (χ4n) is 1.44. The largest absolute Gasteiger partial charge is 0.444 e. The van der Waals surface area contributed by atoms with Crippen LogP contribution in [0, 0.1) is 5.92 Å². The number of hydrogen-bond donors (Lipinski definition) is 1. The van der Waals surface area contributed by atoms with E-state index < -0.39 is 15.6 Å². The molecular weight excluding hydrogens is 244 g/mol. The number of carbonyl (C=O) groups is 1. The van der Waals surface area contributed by atoms with Gasteiger partial charge in [0, 0.05) is 25.6 Å². The summed E-state index contributed by atoms with van der Waals surface area (Å²) in [4.78, 5) is 13.1. The molecule has 100 valence electrons. The molecule has 1 N–H and O–H groups in total. The van der Waals surface area contributed by atoms with Crippen molar-refractivity contribution in [3.63, 3.8) is 0 Å². The topological polar surface area (TPSA) is 75.7 Å². The first-order valence-electron chi connectivity index (χ1n) is 5.49. The highest BCUT2D eigenvalue weighted by atomic mass is 32.2. The molecule has 1 rings (SSSR count). The Hall–Kier alpha value is -0.820.